The maximum Gasteiger partial charge on any atom is 0.472 e. The van der Waals surface area contributed by atoms with Crippen molar-refractivity contribution in [3.05, 3.63) is 24.3 Å². The molecule has 0 heterocycles. The van der Waals surface area contributed by atoms with Gasteiger partial charge in [-0.05, 0) is 44.9 Å². The number of hydrogen-bond donors (Lipinski definition) is 2. The van der Waals surface area contributed by atoms with Crippen molar-refractivity contribution in [3.63, 3.8) is 0 Å². The van der Waals surface area contributed by atoms with Crippen LogP contribution >= 0.6 is 7.82 Å². The van der Waals surface area contributed by atoms with Gasteiger partial charge in [-0.15, -0.1) is 0 Å². The number of ether oxygens (including phenoxy) is 2. The van der Waals surface area contributed by atoms with Gasteiger partial charge in [0.1, 0.15) is 6.10 Å². The van der Waals surface area contributed by atoms with E-state index in [9.17, 15) is 14.3 Å². The number of allylic oxidation sites excluding steroid dienone is 4. The van der Waals surface area contributed by atoms with Gasteiger partial charge in [-0.3, -0.25) is 13.8 Å². The smallest absolute Gasteiger partial charge is 0.457 e. The Labute approximate surface area is 283 Å². The van der Waals surface area contributed by atoms with Crippen molar-refractivity contribution in [2.24, 2.45) is 5.73 Å². The lowest BCUT2D eigenvalue weighted by atomic mass is 10.1. The van der Waals surface area contributed by atoms with Crippen molar-refractivity contribution >= 4 is 13.8 Å². The normalized spacial score (nSPS) is 13.9. The molecule has 2 unspecified atom stereocenters. The molecule has 8 nitrogen and oxygen atoms in total. The largest absolute Gasteiger partial charge is 0.472 e. The number of carbonyl (C=O) groups excluding carboxylic acids is 1. The second-order valence-corrected chi connectivity index (χ2v) is 13.9. The van der Waals surface area contributed by atoms with Gasteiger partial charge in [-0.2, -0.15) is 0 Å². The topological polar surface area (TPSA) is 117 Å². The van der Waals surface area contributed by atoms with E-state index in [0.29, 0.717) is 13.0 Å². The van der Waals surface area contributed by atoms with Crippen molar-refractivity contribution in [3.8, 4) is 0 Å². The van der Waals surface area contributed by atoms with Gasteiger partial charge >= 0.3 is 13.8 Å². The lowest BCUT2D eigenvalue weighted by molar-refractivity contribution is -0.154. The summed E-state index contributed by atoms with van der Waals surface area (Å²) < 4.78 is 33.2. The van der Waals surface area contributed by atoms with Crippen LogP contribution < -0.4 is 5.73 Å². The number of unbranched alkanes of at least 4 members (excludes halogenated alkanes) is 19. The second-order valence-electron chi connectivity index (χ2n) is 12.4. The van der Waals surface area contributed by atoms with Crippen LogP contribution in [0.2, 0.25) is 0 Å². The van der Waals surface area contributed by atoms with E-state index in [4.69, 9.17) is 24.3 Å². The van der Waals surface area contributed by atoms with Crippen molar-refractivity contribution in [2.45, 2.75) is 174 Å². The Morgan fingerprint density at radius 1 is 0.652 bits per heavy atom. The van der Waals surface area contributed by atoms with E-state index in [2.05, 4.69) is 38.2 Å². The molecule has 0 fully saturated rings. The van der Waals surface area contributed by atoms with Crippen LogP contribution in [0.5, 0.6) is 0 Å². The molecular weight excluding hydrogens is 601 g/mol. The molecule has 0 spiro atoms. The van der Waals surface area contributed by atoms with Gasteiger partial charge in [0.2, 0.25) is 0 Å². The van der Waals surface area contributed by atoms with Crippen LogP contribution in [0.4, 0.5) is 0 Å². The Hall–Kier alpha value is -1.02. The molecule has 0 amide bonds. The molecule has 0 aromatic rings. The number of carbonyl (C=O) groups is 1. The van der Waals surface area contributed by atoms with E-state index in [0.717, 1.165) is 44.9 Å². The van der Waals surface area contributed by atoms with Gasteiger partial charge in [-0.1, -0.05) is 141 Å². The Morgan fingerprint density at radius 3 is 1.72 bits per heavy atom. The van der Waals surface area contributed by atoms with Crippen LogP contribution in [-0.4, -0.2) is 49.9 Å². The number of phosphoric acid groups is 1. The Kier molecular flexibility index (Phi) is 34.5. The molecule has 2 atom stereocenters. The van der Waals surface area contributed by atoms with Crippen molar-refractivity contribution < 1.29 is 32.8 Å². The minimum Gasteiger partial charge on any atom is -0.457 e. The highest BCUT2D eigenvalue weighted by Crippen LogP contribution is 2.43. The average molecular weight is 674 g/mol. The summed E-state index contributed by atoms with van der Waals surface area (Å²) in [7, 11) is -4.26. The van der Waals surface area contributed by atoms with E-state index < -0.39 is 13.9 Å². The molecule has 46 heavy (non-hydrogen) atoms. The van der Waals surface area contributed by atoms with Crippen molar-refractivity contribution in [2.75, 3.05) is 33.0 Å². The third kappa shape index (κ3) is 34.3. The van der Waals surface area contributed by atoms with E-state index in [-0.39, 0.29) is 32.3 Å². The third-order valence-electron chi connectivity index (χ3n) is 7.87. The first-order valence-electron chi connectivity index (χ1n) is 18.8. The highest BCUT2D eigenvalue weighted by molar-refractivity contribution is 7.47. The zero-order chi connectivity index (χ0) is 33.8. The maximum absolute atomic E-state index is 12.5. The molecule has 0 radical (unpaired) electrons. The molecule has 0 aromatic carbocycles. The summed E-state index contributed by atoms with van der Waals surface area (Å²) in [6.45, 7) is 4.88. The fourth-order valence-corrected chi connectivity index (χ4v) is 5.85. The fourth-order valence-electron chi connectivity index (χ4n) is 5.08. The fraction of sp³-hybridized carbons (Fsp3) is 0.865. The minimum absolute atomic E-state index is 0.0957. The lowest BCUT2D eigenvalue weighted by Crippen LogP contribution is -2.28. The quantitative estimate of drug-likeness (QED) is 0.0292. The molecule has 9 heteroatoms. The predicted octanol–water partition coefficient (Wildman–Crippen LogP) is 10.5. The van der Waals surface area contributed by atoms with Crippen LogP contribution in [0, 0.1) is 0 Å². The Bertz CT molecular complexity index is 762. The molecule has 0 saturated heterocycles. The van der Waals surface area contributed by atoms with Crippen molar-refractivity contribution in [1.82, 2.24) is 0 Å². The van der Waals surface area contributed by atoms with Crippen LogP contribution in [0.15, 0.2) is 24.3 Å². The van der Waals surface area contributed by atoms with E-state index in [1.807, 2.05) is 0 Å². The second kappa shape index (κ2) is 35.3. The van der Waals surface area contributed by atoms with Crippen LogP contribution in [-0.2, 0) is 27.9 Å². The number of hydrogen-bond acceptors (Lipinski definition) is 7. The number of nitrogens with two attached hydrogens (primary N) is 1. The van der Waals surface area contributed by atoms with Gasteiger partial charge in [0.05, 0.1) is 19.8 Å². The molecule has 0 rings (SSSR count). The summed E-state index contributed by atoms with van der Waals surface area (Å²) in [6, 6.07) is 0. The van der Waals surface area contributed by atoms with E-state index >= 15 is 0 Å². The SMILES string of the molecule is CCCCCC/C=C\C/C=C\CCCCCCCCCC(=O)OC(COCCCCCCCCCCC)COP(=O)(O)OCCN. The van der Waals surface area contributed by atoms with E-state index in [1.165, 1.54) is 103 Å². The summed E-state index contributed by atoms with van der Waals surface area (Å²) >= 11 is 0. The highest BCUT2D eigenvalue weighted by Gasteiger charge is 2.25. The molecular formula is C37H72NO7P. The number of rotatable bonds is 36. The molecule has 272 valence electrons. The van der Waals surface area contributed by atoms with Crippen molar-refractivity contribution in [1.29, 1.82) is 0 Å². The summed E-state index contributed by atoms with van der Waals surface area (Å²) in [5.74, 6) is -0.339. The summed E-state index contributed by atoms with van der Waals surface area (Å²) in [5.41, 5.74) is 5.34. The molecule has 0 bridgehead atoms. The molecule has 0 aliphatic rings. The van der Waals surface area contributed by atoms with E-state index in [1.54, 1.807) is 0 Å². The molecule has 3 N–H and O–H groups in total. The number of esters is 1. The first kappa shape index (κ1) is 45.0. The first-order chi connectivity index (χ1) is 22.4. The monoisotopic (exact) mass is 674 g/mol. The zero-order valence-electron chi connectivity index (χ0n) is 29.8. The molecule has 0 saturated carbocycles. The summed E-state index contributed by atoms with van der Waals surface area (Å²) in [4.78, 5) is 22.3. The van der Waals surface area contributed by atoms with Crippen LogP contribution in [0.25, 0.3) is 0 Å². The summed E-state index contributed by atoms with van der Waals surface area (Å²) in [6.07, 6.45) is 36.2. The zero-order valence-corrected chi connectivity index (χ0v) is 30.7. The first-order valence-corrected chi connectivity index (χ1v) is 20.3. The molecule has 0 aliphatic heterocycles. The maximum atomic E-state index is 12.5. The van der Waals surface area contributed by atoms with Gasteiger partial charge in [-0.25, -0.2) is 4.57 Å². The van der Waals surface area contributed by atoms with Crippen LogP contribution in [0.3, 0.4) is 0 Å². The van der Waals surface area contributed by atoms with Gasteiger partial charge in [0, 0.05) is 19.6 Å². The van der Waals surface area contributed by atoms with Crippen LogP contribution in [0.1, 0.15) is 168 Å². The Morgan fingerprint density at radius 2 is 1.15 bits per heavy atom. The lowest BCUT2D eigenvalue weighted by Gasteiger charge is -2.20. The molecule has 0 aliphatic carbocycles. The third-order valence-corrected chi connectivity index (χ3v) is 8.86. The average Bonchev–Trinajstić information content (AvgIpc) is 3.04. The van der Waals surface area contributed by atoms with Gasteiger partial charge in [0.25, 0.3) is 0 Å². The number of phosphoric ester groups is 1. The predicted molar refractivity (Wildman–Crippen MR) is 192 cm³/mol. The van der Waals surface area contributed by atoms with Gasteiger partial charge in [0.15, 0.2) is 0 Å². The highest BCUT2D eigenvalue weighted by atomic mass is 31.2. The minimum atomic E-state index is -4.26. The summed E-state index contributed by atoms with van der Waals surface area (Å²) in [5, 5.41) is 0. The Balaban J connectivity index is 4.05. The molecule has 0 aromatic heterocycles. The van der Waals surface area contributed by atoms with Gasteiger partial charge < -0.3 is 20.1 Å². The standard InChI is InChI=1S/C37H72NO7P/c1-3-5-7-9-11-13-14-15-16-17-18-19-20-21-22-24-26-28-30-37(39)45-36(35-44-46(40,41)43-33-31-38)34-42-32-29-27-25-23-12-10-8-6-4-2/h13-14,16-17,36H,3-12,15,18-35,38H2,1-2H3,(H,40,41)/b14-13-,17-16-.